The summed E-state index contributed by atoms with van der Waals surface area (Å²) in [4.78, 5) is 13.9. The third-order valence-electron chi connectivity index (χ3n) is 3.50. The normalized spacial score (nSPS) is 18.8. The second-order valence-corrected chi connectivity index (χ2v) is 4.71. The van der Waals surface area contributed by atoms with Gasteiger partial charge in [-0.1, -0.05) is 32.6 Å². The summed E-state index contributed by atoms with van der Waals surface area (Å²) in [6, 6.07) is 2.50. The van der Waals surface area contributed by atoms with Crippen LogP contribution in [-0.2, 0) is 4.79 Å². The lowest BCUT2D eigenvalue weighted by atomic mass is 9.93. The van der Waals surface area contributed by atoms with Gasteiger partial charge in [-0.3, -0.25) is 4.79 Å². The van der Waals surface area contributed by atoms with Crippen molar-refractivity contribution in [2.24, 2.45) is 5.92 Å². The number of nitriles is 1. The quantitative estimate of drug-likeness (QED) is 0.734. The van der Waals surface area contributed by atoms with E-state index in [-0.39, 0.29) is 5.91 Å². The zero-order chi connectivity index (χ0) is 12.0. The van der Waals surface area contributed by atoms with Crippen molar-refractivity contribution in [2.45, 2.75) is 57.9 Å². The first-order valence-corrected chi connectivity index (χ1v) is 6.37. The van der Waals surface area contributed by atoms with Crippen LogP contribution in [0.2, 0.25) is 0 Å². The summed E-state index contributed by atoms with van der Waals surface area (Å²) in [6.45, 7) is 2.01. The summed E-state index contributed by atoms with van der Waals surface area (Å²) in [7, 11) is 1.86. The Bertz CT molecular complexity index is 264. The fraction of sp³-hybridized carbons (Fsp3) is 0.846. The summed E-state index contributed by atoms with van der Waals surface area (Å²) in [5.74, 6) is -0.409. The van der Waals surface area contributed by atoms with Crippen molar-refractivity contribution >= 4 is 5.91 Å². The van der Waals surface area contributed by atoms with Crippen LogP contribution in [0, 0.1) is 17.2 Å². The van der Waals surface area contributed by atoms with Gasteiger partial charge in [0, 0.05) is 13.1 Å². The van der Waals surface area contributed by atoms with Crippen molar-refractivity contribution in [3.05, 3.63) is 0 Å². The number of hydrogen-bond donors (Lipinski definition) is 0. The first kappa shape index (κ1) is 13.0. The van der Waals surface area contributed by atoms with Crippen molar-refractivity contribution in [1.82, 2.24) is 4.90 Å². The number of carbonyl (C=O) groups is 1. The van der Waals surface area contributed by atoms with E-state index in [1.807, 2.05) is 18.9 Å². The Morgan fingerprint density at radius 3 is 2.56 bits per heavy atom. The molecule has 3 heteroatoms. The highest BCUT2D eigenvalue weighted by Crippen LogP contribution is 2.23. The van der Waals surface area contributed by atoms with E-state index in [2.05, 4.69) is 6.07 Å². The van der Waals surface area contributed by atoms with E-state index in [1.165, 1.54) is 19.3 Å². The van der Waals surface area contributed by atoms with Gasteiger partial charge in [-0.05, 0) is 19.3 Å². The van der Waals surface area contributed by atoms with Crippen molar-refractivity contribution in [3.63, 3.8) is 0 Å². The van der Waals surface area contributed by atoms with Crippen molar-refractivity contribution < 1.29 is 4.79 Å². The molecule has 1 atom stereocenters. The molecule has 0 radical (unpaired) electrons. The lowest BCUT2D eigenvalue weighted by Gasteiger charge is -2.32. The predicted molar refractivity (Wildman–Crippen MR) is 63.7 cm³/mol. The molecule has 1 rings (SSSR count). The molecule has 0 bridgehead atoms. The summed E-state index contributed by atoms with van der Waals surface area (Å²) < 4.78 is 0. The molecular weight excluding hydrogens is 200 g/mol. The third-order valence-corrected chi connectivity index (χ3v) is 3.50. The van der Waals surface area contributed by atoms with Gasteiger partial charge in [-0.25, -0.2) is 0 Å². The highest BCUT2D eigenvalue weighted by Gasteiger charge is 2.27. The van der Waals surface area contributed by atoms with Crippen LogP contribution in [-0.4, -0.2) is 23.9 Å². The molecule has 16 heavy (non-hydrogen) atoms. The van der Waals surface area contributed by atoms with Crippen LogP contribution in [0.5, 0.6) is 0 Å². The Morgan fingerprint density at radius 2 is 2.06 bits per heavy atom. The van der Waals surface area contributed by atoms with Gasteiger partial charge < -0.3 is 4.90 Å². The minimum atomic E-state index is -0.433. The minimum absolute atomic E-state index is 0.0243. The molecule has 0 aromatic heterocycles. The Balaban J connectivity index is 2.54. The Hall–Kier alpha value is -1.04. The molecule has 0 aromatic carbocycles. The van der Waals surface area contributed by atoms with E-state index in [1.54, 1.807) is 0 Å². The van der Waals surface area contributed by atoms with E-state index in [4.69, 9.17) is 5.26 Å². The van der Waals surface area contributed by atoms with Gasteiger partial charge in [0.1, 0.15) is 5.92 Å². The number of rotatable bonds is 4. The second-order valence-electron chi connectivity index (χ2n) is 4.71. The lowest BCUT2D eigenvalue weighted by molar-refractivity contribution is -0.135. The molecular formula is C13H22N2O. The van der Waals surface area contributed by atoms with Crippen molar-refractivity contribution in [3.8, 4) is 6.07 Å². The lowest BCUT2D eigenvalue weighted by Crippen LogP contribution is -2.41. The molecule has 1 aliphatic rings. The van der Waals surface area contributed by atoms with Gasteiger partial charge in [-0.2, -0.15) is 5.26 Å². The molecule has 90 valence electrons. The fourth-order valence-corrected chi connectivity index (χ4v) is 2.43. The molecule has 0 N–H and O–H groups in total. The largest absolute Gasteiger partial charge is 0.342 e. The van der Waals surface area contributed by atoms with Crippen LogP contribution in [0.1, 0.15) is 51.9 Å². The zero-order valence-corrected chi connectivity index (χ0v) is 10.4. The van der Waals surface area contributed by atoms with E-state index in [0.29, 0.717) is 12.5 Å². The topological polar surface area (TPSA) is 44.1 Å². The van der Waals surface area contributed by atoms with Gasteiger partial charge >= 0.3 is 0 Å². The van der Waals surface area contributed by atoms with E-state index >= 15 is 0 Å². The van der Waals surface area contributed by atoms with Crippen LogP contribution in [0.3, 0.4) is 0 Å². The van der Waals surface area contributed by atoms with Crippen LogP contribution in [0.25, 0.3) is 0 Å². The molecule has 1 fully saturated rings. The third kappa shape index (κ3) is 3.23. The van der Waals surface area contributed by atoms with Crippen LogP contribution in [0.15, 0.2) is 0 Å². The average Bonchev–Trinajstić information content (AvgIpc) is 2.35. The van der Waals surface area contributed by atoms with Gasteiger partial charge in [0.05, 0.1) is 6.07 Å². The number of nitrogens with zero attached hydrogens (tertiary/aromatic N) is 2. The van der Waals surface area contributed by atoms with E-state index in [0.717, 1.165) is 19.3 Å². The van der Waals surface area contributed by atoms with Gasteiger partial charge in [0.2, 0.25) is 5.91 Å². The highest BCUT2D eigenvalue weighted by atomic mass is 16.2. The minimum Gasteiger partial charge on any atom is -0.342 e. The molecule has 1 aliphatic carbocycles. The average molecular weight is 222 g/mol. The standard InChI is InChI=1S/C13H22N2O/c1-3-7-11(10-14)13(16)15(2)12-8-5-4-6-9-12/h11-12H,3-9H2,1-2H3. The number of carbonyl (C=O) groups excluding carboxylic acids is 1. The van der Waals surface area contributed by atoms with Gasteiger partial charge in [0.15, 0.2) is 0 Å². The van der Waals surface area contributed by atoms with Crippen molar-refractivity contribution in [2.75, 3.05) is 7.05 Å². The Morgan fingerprint density at radius 1 is 1.44 bits per heavy atom. The van der Waals surface area contributed by atoms with E-state index < -0.39 is 5.92 Å². The monoisotopic (exact) mass is 222 g/mol. The number of amides is 1. The van der Waals surface area contributed by atoms with Crippen molar-refractivity contribution in [1.29, 1.82) is 5.26 Å². The summed E-state index contributed by atoms with van der Waals surface area (Å²) in [6.07, 6.45) is 7.50. The Kier molecular flexibility index (Phi) is 5.31. The summed E-state index contributed by atoms with van der Waals surface area (Å²) >= 11 is 0. The molecule has 1 saturated carbocycles. The van der Waals surface area contributed by atoms with E-state index in [9.17, 15) is 4.79 Å². The first-order valence-electron chi connectivity index (χ1n) is 6.37. The van der Waals surface area contributed by atoms with Crippen LogP contribution in [0.4, 0.5) is 0 Å². The highest BCUT2D eigenvalue weighted by molar-refractivity contribution is 5.81. The smallest absolute Gasteiger partial charge is 0.239 e. The Labute approximate surface area is 98.4 Å². The maximum atomic E-state index is 12.1. The fourth-order valence-electron chi connectivity index (χ4n) is 2.43. The maximum Gasteiger partial charge on any atom is 0.239 e. The second kappa shape index (κ2) is 6.52. The summed E-state index contributed by atoms with van der Waals surface area (Å²) in [5, 5.41) is 8.98. The first-order chi connectivity index (χ1) is 7.70. The zero-order valence-electron chi connectivity index (χ0n) is 10.4. The molecule has 0 aliphatic heterocycles. The molecule has 0 aromatic rings. The molecule has 1 unspecified atom stereocenters. The SMILES string of the molecule is CCCC(C#N)C(=O)N(C)C1CCCCC1. The number of hydrogen-bond acceptors (Lipinski definition) is 2. The van der Waals surface area contributed by atoms with Crippen LogP contribution < -0.4 is 0 Å². The molecule has 1 amide bonds. The van der Waals surface area contributed by atoms with Gasteiger partial charge in [-0.15, -0.1) is 0 Å². The van der Waals surface area contributed by atoms with Gasteiger partial charge in [0.25, 0.3) is 0 Å². The molecule has 0 heterocycles. The molecule has 0 saturated heterocycles. The maximum absolute atomic E-state index is 12.1. The van der Waals surface area contributed by atoms with Crippen LogP contribution >= 0.6 is 0 Å². The molecule has 0 spiro atoms. The summed E-state index contributed by atoms with van der Waals surface area (Å²) in [5.41, 5.74) is 0. The predicted octanol–water partition coefficient (Wildman–Crippen LogP) is 2.72. The molecule has 3 nitrogen and oxygen atoms in total.